The molecule has 2 heterocycles. The minimum Gasteiger partial charge on any atom is -0.368 e. The Morgan fingerprint density at radius 3 is 2.95 bits per heavy atom. The van der Waals surface area contributed by atoms with Crippen LogP contribution in [-0.4, -0.2) is 22.8 Å². The van der Waals surface area contributed by atoms with Crippen molar-refractivity contribution in [1.82, 2.24) is 4.98 Å². The Bertz CT molecular complexity index is 579. The van der Waals surface area contributed by atoms with Crippen LogP contribution in [0.5, 0.6) is 0 Å². The first kappa shape index (κ1) is 14.0. The van der Waals surface area contributed by atoms with Gasteiger partial charge in [-0.25, -0.2) is 0 Å². The number of carbonyl (C=O) groups is 2. The summed E-state index contributed by atoms with van der Waals surface area (Å²) in [5.41, 5.74) is 6.66. The molecule has 1 radical (unpaired) electrons. The Hall–Kier alpha value is -1.91. The molecule has 1 saturated heterocycles. The Morgan fingerprint density at radius 2 is 2.33 bits per heavy atom. The molecular weight excluding hydrogens is 266 g/mol. The van der Waals surface area contributed by atoms with Crippen LogP contribution in [-0.2, 0) is 9.59 Å². The molecule has 1 aliphatic carbocycles. The lowest BCUT2D eigenvalue weighted by molar-refractivity contribution is -0.126. The number of primary amides is 1. The van der Waals surface area contributed by atoms with Crippen molar-refractivity contribution < 1.29 is 9.59 Å². The van der Waals surface area contributed by atoms with Crippen molar-refractivity contribution in [2.24, 2.45) is 11.1 Å². The van der Waals surface area contributed by atoms with Crippen LogP contribution in [0.1, 0.15) is 37.8 Å². The molecule has 3 rings (SSSR count). The summed E-state index contributed by atoms with van der Waals surface area (Å²) in [5.74, 6) is -0.395. The lowest BCUT2D eigenvalue weighted by atomic mass is 9.72. The van der Waals surface area contributed by atoms with Crippen LogP contribution in [0.3, 0.4) is 0 Å². The summed E-state index contributed by atoms with van der Waals surface area (Å²) >= 11 is 0. The van der Waals surface area contributed by atoms with Gasteiger partial charge in [0.1, 0.15) is 6.04 Å². The fraction of sp³-hybridized carbons (Fsp3) is 0.500. The first-order valence-corrected chi connectivity index (χ1v) is 7.41. The van der Waals surface area contributed by atoms with Gasteiger partial charge in [-0.05, 0) is 44.7 Å². The standard InChI is InChI=1S/C16H20N3O2/c1-11-9-12(5-8-18-11)19-13(14(17)20)10-16(15(19)21)6-3-2-4-7-16/h3,5,8-9,13H,2,4,6-7,10H2,1H3,(H2,17,20). The SMILES string of the molecule is Cc1cc(N2C(=O)C3(C[CH]CCC3)CC2C(N)=O)ccn1. The third-order valence-corrected chi connectivity index (χ3v) is 4.65. The number of aromatic nitrogens is 1. The van der Waals surface area contributed by atoms with Gasteiger partial charge in [-0.3, -0.25) is 19.5 Å². The summed E-state index contributed by atoms with van der Waals surface area (Å²) in [6.07, 6.45) is 7.99. The minimum atomic E-state index is -0.550. The van der Waals surface area contributed by atoms with Crippen molar-refractivity contribution in [2.75, 3.05) is 4.90 Å². The number of hydrogen-bond acceptors (Lipinski definition) is 3. The number of carbonyl (C=O) groups excluding carboxylic acids is 2. The van der Waals surface area contributed by atoms with Gasteiger partial charge in [-0.15, -0.1) is 0 Å². The first-order chi connectivity index (χ1) is 10.0. The van der Waals surface area contributed by atoms with Gasteiger partial charge in [0.05, 0.1) is 5.41 Å². The fourth-order valence-corrected chi connectivity index (χ4v) is 3.60. The summed E-state index contributed by atoms with van der Waals surface area (Å²) in [5, 5.41) is 0. The average Bonchev–Trinajstić information content (AvgIpc) is 2.74. The highest BCUT2D eigenvalue weighted by atomic mass is 16.2. The Balaban J connectivity index is 2.00. The predicted octanol–water partition coefficient (Wildman–Crippen LogP) is 1.75. The molecule has 5 heteroatoms. The van der Waals surface area contributed by atoms with Crippen LogP contribution in [0.15, 0.2) is 18.3 Å². The van der Waals surface area contributed by atoms with Gasteiger partial charge in [0.15, 0.2) is 0 Å². The van der Waals surface area contributed by atoms with Crippen molar-refractivity contribution in [3.8, 4) is 0 Å². The third kappa shape index (κ3) is 2.30. The molecule has 1 aliphatic heterocycles. The van der Waals surface area contributed by atoms with Gasteiger partial charge in [-0.2, -0.15) is 0 Å². The van der Waals surface area contributed by atoms with E-state index in [1.807, 2.05) is 13.0 Å². The predicted molar refractivity (Wildman–Crippen MR) is 79.3 cm³/mol. The molecule has 2 amide bonds. The topological polar surface area (TPSA) is 76.3 Å². The summed E-state index contributed by atoms with van der Waals surface area (Å²) in [6, 6.07) is 3.05. The second kappa shape index (κ2) is 5.13. The zero-order valence-corrected chi connectivity index (χ0v) is 12.2. The third-order valence-electron chi connectivity index (χ3n) is 4.65. The van der Waals surface area contributed by atoms with Gasteiger partial charge < -0.3 is 5.73 Å². The van der Waals surface area contributed by atoms with Crippen molar-refractivity contribution in [3.63, 3.8) is 0 Å². The normalized spacial score (nSPS) is 24.5. The minimum absolute atomic E-state index is 0.0350. The number of rotatable bonds is 2. The molecule has 5 nitrogen and oxygen atoms in total. The van der Waals surface area contributed by atoms with E-state index in [0.717, 1.165) is 37.1 Å². The Morgan fingerprint density at radius 1 is 1.52 bits per heavy atom. The molecule has 2 N–H and O–H groups in total. The van der Waals surface area contributed by atoms with E-state index in [1.165, 1.54) is 0 Å². The molecule has 2 unspecified atom stereocenters. The number of anilines is 1. The highest BCUT2D eigenvalue weighted by molar-refractivity contribution is 6.06. The molecule has 111 valence electrons. The van der Waals surface area contributed by atoms with E-state index in [1.54, 1.807) is 17.2 Å². The van der Waals surface area contributed by atoms with E-state index in [4.69, 9.17) is 5.73 Å². The molecular formula is C16H20N3O2. The number of nitrogens with two attached hydrogens (primary N) is 1. The molecule has 21 heavy (non-hydrogen) atoms. The second-order valence-corrected chi connectivity index (χ2v) is 6.12. The molecule has 1 spiro atoms. The molecule has 1 aromatic heterocycles. The van der Waals surface area contributed by atoms with Gasteiger partial charge >= 0.3 is 0 Å². The zero-order chi connectivity index (χ0) is 15.0. The monoisotopic (exact) mass is 286 g/mol. The van der Waals surface area contributed by atoms with Crippen molar-refractivity contribution >= 4 is 17.5 Å². The largest absolute Gasteiger partial charge is 0.368 e. The van der Waals surface area contributed by atoms with Crippen molar-refractivity contribution in [2.45, 2.75) is 45.1 Å². The van der Waals surface area contributed by atoms with Gasteiger partial charge in [-0.1, -0.05) is 12.8 Å². The first-order valence-electron chi connectivity index (χ1n) is 7.41. The molecule has 1 saturated carbocycles. The van der Waals surface area contributed by atoms with E-state index in [-0.39, 0.29) is 5.91 Å². The van der Waals surface area contributed by atoms with Gasteiger partial charge in [0.2, 0.25) is 11.8 Å². The number of amides is 2. The smallest absolute Gasteiger partial charge is 0.240 e. The lowest BCUT2D eigenvalue weighted by Gasteiger charge is -2.31. The van der Waals surface area contributed by atoms with Crippen LogP contribution in [0.4, 0.5) is 5.69 Å². The second-order valence-electron chi connectivity index (χ2n) is 6.12. The fourth-order valence-electron chi connectivity index (χ4n) is 3.60. The van der Waals surface area contributed by atoms with E-state index < -0.39 is 17.4 Å². The van der Waals surface area contributed by atoms with Gasteiger partial charge in [0, 0.05) is 17.6 Å². The highest BCUT2D eigenvalue weighted by Crippen LogP contribution is 2.48. The van der Waals surface area contributed by atoms with Gasteiger partial charge in [0.25, 0.3) is 0 Å². The molecule has 0 aromatic carbocycles. The van der Waals surface area contributed by atoms with Crippen molar-refractivity contribution in [3.05, 3.63) is 30.4 Å². The lowest BCUT2D eigenvalue weighted by Crippen LogP contribution is -2.43. The van der Waals surface area contributed by atoms with E-state index in [9.17, 15) is 9.59 Å². The maximum atomic E-state index is 13.0. The van der Waals surface area contributed by atoms with Crippen LogP contribution in [0.2, 0.25) is 0 Å². The highest BCUT2D eigenvalue weighted by Gasteiger charge is 2.53. The molecule has 2 atom stereocenters. The quantitative estimate of drug-likeness (QED) is 0.899. The summed E-state index contributed by atoms with van der Waals surface area (Å²) < 4.78 is 0. The molecule has 2 fully saturated rings. The van der Waals surface area contributed by atoms with Crippen LogP contribution in [0.25, 0.3) is 0 Å². The number of aryl methyl sites for hydroxylation is 1. The maximum Gasteiger partial charge on any atom is 0.240 e. The summed E-state index contributed by atoms with van der Waals surface area (Å²) in [4.78, 5) is 30.6. The average molecular weight is 286 g/mol. The molecule has 0 bridgehead atoms. The zero-order valence-electron chi connectivity index (χ0n) is 12.2. The molecule has 2 aliphatic rings. The van der Waals surface area contributed by atoms with E-state index >= 15 is 0 Å². The summed E-state index contributed by atoms with van der Waals surface area (Å²) in [6.45, 7) is 1.87. The Kier molecular flexibility index (Phi) is 3.43. The van der Waals surface area contributed by atoms with E-state index in [0.29, 0.717) is 6.42 Å². The van der Waals surface area contributed by atoms with Crippen molar-refractivity contribution in [1.29, 1.82) is 0 Å². The number of nitrogens with zero attached hydrogens (tertiary/aromatic N) is 2. The molecule has 1 aromatic rings. The maximum absolute atomic E-state index is 13.0. The van der Waals surface area contributed by atoms with Crippen LogP contribution in [0, 0.1) is 18.8 Å². The summed E-state index contributed by atoms with van der Waals surface area (Å²) in [7, 11) is 0. The number of hydrogen-bond donors (Lipinski definition) is 1. The van der Waals surface area contributed by atoms with E-state index in [2.05, 4.69) is 11.4 Å². The Labute approximate surface area is 124 Å². The number of pyridine rings is 1. The van der Waals surface area contributed by atoms with Crippen LogP contribution >= 0.6 is 0 Å². The van der Waals surface area contributed by atoms with Crippen LogP contribution < -0.4 is 10.6 Å².